The van der Waals surface area contributed by atoms with Crippen molar-refractivity contribution in [3.63, 3.8) is 0 Å². The van der Waals surface area contributed by atoms with Gasteiger partial charge >= 0.3 is 0 Å². The summed E-state index contributed by atoms with van der Waals surface area (Å²) in [6, 6.07) is 0.0571. The minimum Gasteiger partial charge on any atom is -0.473 e. The molecule has 10 nitrogen and oxygen atoms in total. The highest BCUT2D eigenvalue weighted by Gasteiger charge is 2.32. The second-order valence-electron chi connectivity index (χ2n) is 10.1. The van der Waals surface area contributed by atoms with E-state index in [1.54, 1.807) is 4.68 Å². The number of rotatable bonds is 2. The molecule has 0 aromatic carbocycles. The molecule has 3 aliphatic rings. The molecule has 36 heavy (non-hydrogen) atoms. The number of aromatic nitrogens is 5. The predicted molar refractivity (Wildman–Crippen MR) is 137 cm³/mol. The second-order valence-corrected chi connectivity index (χ2v) is 10.1. The summed E-state index contributed by atoms with van der Waals surface area (Å²) in [4.78, 5) is 11.8. The summed E-state index contributed by atoms with van der Waals surface area (Å²) < 4.78 is 10.4. The lowest BCUT2D eigenvalue weighted by atomic mass is 9.96. The number of allylic oxidation sites excluding steroid dienone is 2. The lowest BCUT2D eigenvalue weighted by Crippen LogP contribution is -2.43. The number of ether oxygens (including phenoxy) is 1. The largest absolute Gasteiger partial charge is 0.473 e. The fourth-order valence-corrected chi connectivity index (χ4v) is 5.42. The van der Waals surface area contributed by atoms with Gasteiger partial charge in [-0.15, -0.1) is 0 Å². The predicted octanol–water partition coefficient (Wildman–Crippen LogP) is 1.93. The van der Waals surface area contributed by atoms with Crippen molar-refractivity contribution in [1.29, 1.82) is 0 Å². The van der Waals surface area contributed by atoms with E-state index < -0.39 is 6.10 Å². The Morgan fingerprint density at radius 3 is 2.86 bits per heavy atom. The average molecular weight is 489 g/mol. The van der Waals surface area contributed by atoms with Crippen LogP contribution in [0.3, 0.4) is 0 Å². The highest BCUT2D eigenvalue weighted by Crippen LogP contribution is 2.35. The van der Waals surface area contributed by atoms with Crippen LogP contribution in [0, 0.1) is 6.92 Å². The van der Waals surface area contributed by atoms with Crippen LogP contribution in [0.4, 0.5) is 0 Å². The molecule has 4 bridgehead atoms. The van der Waals surface area contributed by atoms with Crippen molar-refractivity contribution in [1.82, 2.24) is 39.5 Å². The zero-order valence-corrected chi connectivity index (χ0v) is 21.3. The van der Waals surface area contributed by atoms with Crippen LogP contribution in [0.1, 0.15) is 25.4 Å². The molecule has 3 aromatic heterocycles. The van der Waals surface area contributed by atoms with Gasteiger partial charge in [0.1, 0.15) is 11.9 Å². The lowest BCUT2D eigenvalue weighted by Gasteiger charge is -2.29. The second kappa shape index (κ2) is 8.58. The van der Waals surface area contributed by atoms with Crippen molar-refractivity contribution in [2.75, 3.05) is 26.7 Å². The summed E-state index contributed by atoms with van der Waals surface area (Å²) in [5, 5.41) is 16.9. The van der Waals surface area contributed by atoms with Gasteiger partial charge in [0.15, 0.2) is 0 Å². The molecule has 0 saturated heterocycles. The van der Waals surface area contributed by atoms with E-state index in [4.69, 9.17) is 14.7 Å². The number of hydrogen-bond donors (Lipinski definition) is 2. The summed E-state index contributed by atoms with van der Waals surface area (Å²) in [5.74, 6) is 1.56. The van der Waals surface area contributed by atoms with Gasteiger partial charge in [-0.2, -0.15) is 5.10 Å². The molecule has 3 aromatic rings. The molecule has 0 saturated carbocycles. The van der Waals surface area contributed by atoms with Gasteiger partial charge < -0.3 is 14.9 Å². The van der Waals surface area contributed by atoms with Crippen LogP contribution in [0.2, 0.25) is 0 Å². The number of hydrazine groups is 1. The van der Waals surface area contributed by atoms with E-state index in [2.05, 4.69) is 57.0 Å². The molecule has 188 valence electrons. The van der Waals surface area contributed by atoms with E-state index in [9.17, 15) is 5.11 Å². The first-order valence-corrected chi connectivity index (χ1v) is 12.4. The number of nitrogens with zero attached hydrogens (tertiary/aromatic N) is 7. The zero-order valence-electron chi connectivity index (χ0n) is 21.3. The fourth-order valence-electron chi connectivity index (χ4n) is 5.42. The molecule has 0 radical (unpaired) electrons. The van der Waals surface area contributed by atoms with E-state index in [0.29, 0.717) is 25.5 Å². The van der Waals surface area contributed by atoms with Crippen molar-refractivity contribution in [3.8, 4) is 17.1 Å². The quantitative estimate of drug-likeness (QED) is 0.565. The topological polar surface area (TPSA) is 96.0 Å². The molecule has 0 fully saturated rings. The van der Waals surface area contributed by atoms with Crippen LogP contribution in [0.15, 0.2) is 48.1 Å². The first-order valence-electron chi connectivity index (χ1n) is 12.4. The molecular weight excluding hydrogens is 456 g/mol. The normalized spacial score (nSPS) is 22.9. The van der Waals surface area contributed by atoms with Gasteiger partial charge in [-0.3, -0.25) is 14.3 Å². The first kappa shape index (κ1) is 23.0. The van der Waals surface area contributed by atoms with Gasteiger partial charge in [0.25, 0.3) is 0 Å². The maximum absolute atomic E-state index is 10.2. The monoisotopic (exact) mass is 488 g/mol. The van der Waals surface area contributed by atoms with Gasteiger partial charge in [-0.1, -0.05) is 12.2 Å². The number of aliphatic hydroxyl groups excluding tert-OH is 1. The van der Waals surface area contributed by atoms with Crippen LogP contribution in [0.25, 0.3) is 22.3 Å². The fraction of sp³-hybridized carbons (Fsp3) is 0.423. The molecule has 3 unspecified atom stereocenters. The maximum atomic E-state index is 10.2. The average Bonchev–Trinajstić information content (AvgIpc) is 3.46. The third-order valence-electron chi connectivity index (χ3n) is 6.91. The van der Waals surface area contributed by atoms with Crippen LogP contribution in [-0.2, 0) is 7.05 Å². The molecule has 2 N–H and O–H groups in total. The Labute approximate surface area is 210 Å². The van der Waals surface area contributed by atoms with Crippen LogP contribution in [-0.4, -0.2) is 84.1 Å². The Balaban J connectivity index is 1.55. The molecule has 3 atom stereocenters. The number of β-amino-alcohol motifs (C(OH)–C–C–N with tert-alkyl or cyclic N) is 1. The maximum Gasteiger partial charge on any atom is 0.221 e. The number of aliphatic hydroxyl groups is 1. The summed E-state index contributed by atoms with van der Waals surface area (Å²) in [6.07, 6.45) is 11.7. The SMILES string of the molecule is Cc1nn(C)c2c1-c1cn3c(ncc3cn1)C1=CC3=C(CN(C)CC(C)O2)N(CC(C)O)NC3C=C1. The molecular formula is C26H32N8O2. The summed E-state index contributed by atoms with van der Waals surface area (Å²) in [6.45, 7) is 7.81. The third-order valence-corrected chi connectivity index (χ3v) is 6.91. The molecule has 0 amide bonds. The van der Waals surface area contributed by atoms with Gasteiger partial charge in [0.05, 0.1) is 53.6 Å². The van der Waals surface area contributed by atoms with E-state index in [1.807, 2.05) is 39.5 Å². The van der Waals surface area contributed by atoms with Crippen molar-refractivity contribution < 1.29 is 9.84 Å². The Morgan fingerprint density at radius 2 is 2.06 bits per heavy atom. The van der Waals surface area contributed by atoms with E-state index >= 15 is 0 Å². The van der Waals surface area contributed by atoms with Gasteiger partial charge in [-0.25, -0.2) is 15.1 Å². The smallest absolute Gasteiger partial charge is 0.221 e. The van der Waals surface area contributed by atoms with Crippen molar-refractivity contribution in [3.05, 3.63) is 59.6 Å². The first-order chi connectivity index (χ1) is 17.3. The van der Waals surface area contributed by atoms with Gasteiger partial charge in [0, 0.05) is 37.6 Å². The highest BCUT2D eigenvalue weighted by atomic mass is 16.5. The summed E-state index contributed by atoms with van der Waals surface area (Å²) >= 11 is 0. The Kier molecular flexibility index (Phi) is 5.47. The Hall–Kier alpha value is -3.47. The number of imidazole rings is 1. The zero-order chi connectivity index (χ0) is 25.1. The minimum absolute atomic E-state index is 0.0571. The number of aryl methyl sites for hydroxylation is 2. The van der Waals surface area contributed by atoms with E-state index in [1.165, 1.54) is 5.57 Å². The molecule has 1 aliphatic carbocycles. The Morgan fingerprint density at radius 1 is 1.25 bits per heavy atom. The van der Waals surface area contributed by atoms with E-state index in [-0.39, 0.29) is 12.1 Å². The van der Waals surface area contributed by atoms with Crippen LogP contribution in [0.5, 0.6) is 5.88 Å². The molecule has 10 heteroatoms. The van der Waals surface area contributed by atoms with Crippen molar-refractivity contribution in [2.24, 2.45) is 7.05 Å². The van der Waals surface area contributed by atoms with Gasteiger partial charge in [-0.05, 0) is 39.5 Å². The molecule has 2 aliphatic heterocycles. The number of likely N-dealkylation sites (N-methyl/N-ethyl adjacent to an activating group) is 1. The Bertz CT molecular complexity index is 1430. The number of hydrogen-bond acceptors (Lipinski definition) is 8. The van der Waals surface area contributed by atoms with Gasteiger partial charge in [0.2, 0.25) is 5.88 Å². The number of nitrogens with one attached hydrogen (secondary N) is 1. The molecule has 6 rings (SSSR count). The van der Waals surface area contributed by atoms with Crippen molar-refractivity contribution >= 4 is 11.1 Å². The summed E-state index contributed by atoms with van der Waals surface area (Å²) in [7, 11) is 4.00. The lowest BCUT2D eigenvalue weighted by molar-refractivity contribution is 0.112. The third kappa shape index (κ3) is 3.82. The minimum atomic E-state index is -0.462. The molecule has 0 spiro atoms. The summed E-state index contributed by atoms with van der Waals surface area (Å²) in [5.41, 5.74) is 10.4. The number of fused-ring (bicyclic) bond motifs is 4. The standard InChI is InChI=1S/C26H32N8O2/c1-15(35)11-34-23-14-31(4)12-16(2)36-26-24(17(3)29-32(26)5)22-13-33-19(9-27-22)10-28-25(33)18-6-7-21(30-34)20(23)8-18/h6-10,13,15-16,21,30,35H,11-12,14H2,1-5H3. The van der Waals surface area contributed by atoms with Crippen LogP contribution >= 0.6 is 0 Å². The molecule has 5 heterocycles. The van der Waals surface area contributed by atoms with Crippen LogP contribution < -0.4 is 10.2 Å². The van der Waals surface area contributed by atoms with Crippen molar-refractivity contribution in [2.45, 2.75) is 39.0 Å². The highest BCUT2D eigenvalue weighted by molar-refractivity contribution is 5.78. The van der Waals surface area contributed by atoms with E-state index in [0.717, 1.165) is 39.6 Å².